The molecule has 4 rings (SSSR count). The Morgan fingerprint density at radius 2 is 1.39 bits per heavy atom. The smallest absolute Gasteiger partial charge is 0.346 e. The zero-order chi connectivity index (χ0) is 20.0. The summed E-state index contributed by atoms with van der Waals surface area (Å²) in [6.45, 7) is -0.607. The van der Waals surface area contributed by atoms with Crippen molar-refractivity contribution >= 4 is 35.3 Å². The molecule has 0 saturated heterocycles. The van der Waals surface area contributed by atoms with Gasteiger partial charge in [0.2, 0.25) is 0 Å². The second kappa shape index (κ2) is 6.34. The molecule has 2 aromatic rings. The SMILES string of the molecule is O=C(COC(=O)c1ccc2c(c1)C(=O)CC2=O)c1ccc2c(c1)C(=O)OC2=O. The molecule has 28 heavy (non-hydrogen) atoms. The molecule has 0 spiro atoms. The predicted octanol–water partition coefficient (Wildman–Crippen LogP) is 1.81. The first-order valence-corrected chi connectivity index (χ1v) is 8.16. The second-order valence-electron chi connectivity index (χ2n) is 6.22. The van der Waals surface area contributed by atoms with Crippen LogP contribution in [0.15, 0.2) is 36.4 Å². The Labute approximate surface area is 157 Å². The fourth-order valence-electron chi connectivity index (χ4n) is 3.04. The van der Waals surface area contributed by atoms with Gasteiger partial charge in [0.25, 0.3) is 0 Å². The molecule has 0 N–H and O–H groups in total. The number of Topliss-reactive ketones (excluding diaryl/α,β-unsaturated/α-hetero) is 3. The average Bonchev–Trinajstić information content (AvgIpc) is 3.14. The van der Waals surface area contributed by atoms with E-state index in [9.17, 15) is 28.8 Å². The van der Waals surface area contributed by atoms with Gasteiger partial charge in [-0.15, -0.1) is 0 Å². The molecule has 0 amide bonds. The van der Waals surface area contributed by atoms with E-state index in [1.807, 2.05) is 0 Å². The minimum absolute atomic E-state index is 0.0241. The van der Waals surface area contributed by atoms with Crippen molar-refractivity contribution in [1.82, 2.24) is 0 Å². The van der Waals surface area contributed by atoms with Crippen molar-refractivity contribution in [3.63, 3.8) is 0 Å². The van der Waals surface area contributed by atoms with E-state index < -0.39 is 30.3 Å². The summed E-state index contributed by atoms with van der Waals surface area (Å²) in [7, 11) is 0. The van der Waals surface area contributed by atoms with E-state index in [0.29, 0.717) is 0 Å². The highest BCUT2D eigenvalue weighted by Crippen LogP contribution is 2.24. The van der Waals surface area contributed by atoms with E-state index >= 15 is 0 Å². The van der Waals surface area contributed by atoms with Gasteiger partial charge in [-0.25, -0.2) is 14.4 Å². The lowest BCUT2D eigenvalue weighted by Gasteiger charge is -2.06. The Balaban J connectivity index is 1.47. The molecular weight excluding hydrogens is 368 g/mol. The van der Waals surface area contributed by atoms with Crippen molar-refractivity contribution in [3.8, 4) is 0 Å². The molecular formula is C20H10O8. The lowest BCUT2D eigenvalue weighted by atomic mass is 10.0. The third kappa shape index (κ3) is 2.81. The summed E-state index contributed by atoms with van der Waals surface area (Å²) < 4.78 is 9.41. The lowest BCUT2D eigenvalue weighted by Crippen LogP contribution is -2.15. The highest BCUT2D eigenvalue weighted by atomic mass is 16.6. The van der Waals surface area contributed by atoms with Crippen molar-refractivity contribution in [2.24, 2.45) is 0 Å². The fraction of sp³-hybridized carbons (Fsp3) is 0.100. The number of ketones is 3. The van der Waals surface area contributed by atoms with E-state index in [0.717, 1.165) is 0 Å². The van der Waals surface area contributed by atoms with Crippen molar-refractivity contribution in [2.45, 2.75) is 6.42 Å². The highest BCUT2D eigenvalue weighted by molar-refractivity contribution is 6.24. The van der Waals surface area contributed by atoms with Crippen LogP contribution in [0.2, 0.25) is 0 Å². The zero-order valence-corrected chi connectivity index (χ0v) is 14.1. The molecule has 0 atom stereocenters. The van der Waals surface area contributed by atoms with Crippen LogP contribution in [0.4, 0.5) is 0 Å². The number of hydrogen-bond acceptors (Lipinski definition) is 8. The number of hydrogen-bond donors (Lipinski definition) is 0. The van der Waals surface area contributed by atoms with Crippen LogP contribution in [0.3, 0.4) is 0 Å². The van der Waals surface area contributed by atoms with Gasteiger partial charge < -0.3 is 9.47 Å². The third-order valence-electron chi connectivity index (χ3n) is 4.48. The maximum absolute atomic E-state index is 12.2. The maximum atomic E-state index is 12.2. The molecule has 0 bridgehead atoms. The quantitative estimate of drug-likeness (QED) is 0.449. The van der Waals surface area contributed by atoms with E-state index in [4.69, 9.17) is 4.74 Å². The normalized spacial score (nSPS) is 14.6. The van der Waals surface area contributed by atoms with Crippen LogP contribution >= 0.6 is 0 Å². The van der Waals surface area contributed by atoms with Crippen LogP contribution in [0.25, 0.3) is 0 Å². The van der Waals surface area contributed by atoms with Crippen molar-refractivity contribution in [3.05, 3.63) is 69.8 Å². The summed E-state index contributed by atoms with van der Waals surface area (Å²) >= 11 is 0. The van der Waals surface area contributed by atoms with Gasteiger partial charge >= 0.3 is 17.9 Å². The van der Waals surface area contributed by atoms with Crippen LogP contribution in [0, 0.1) is 0 Å². The molecule has 0 fully saturated rings. The van der Waals surface area contributed by atoms with Crippen molar-refractivity contribution in [1.29, 1.82) is 0 Å². The summed E-state index contributed by atoms with van der Waals surface area (Å²) in [6, 6.07) is 7.82. The molecule has 2 aromatic carbocycles. The molecule has 1 aliphatic carbocycles. The number of ether oxygens (including phenoxy) is 2. The van der Waals surface area contributed by atoms with Gasteiger partial charge in [-0.1, -0.05) is 6.07 Å². The van der Waals surface area contributed by atoms with E-state index in [2.05, 4.69) is 4.74 Å². The number of rotatable bonds is 4. The summed E-state index contributed by atoms with van der Waals surface area (Å²) in [5.74, 6) is -3.72. The first kappa shape index (κ1) is 17.5. The summed E-state index contributed by atoms with van der Waals surface area (Å²) in [6.07, 6.45) is -0.227. The van der Waals surface area contributed by atoms with E-state index in [-0.39, 0.29) is 51.4 Å². The third-order valence-corrected chi connectivity index (χ3v) is 4.48. The largest absolute Gasteiger partial charge is 0.454 e. The number of cyclic esters (lactones) is 2. The van der Waals surface area contributed by atoms with Gasteiger partial charge in [-0.05, 0) is 30.3 Å². The Bertz CT molecular complexity index is 1040. The summed E-state index contributed by atoms with van der Waals surface area (Å²) in [5, 5.41) is 0. The average molecular weight is 378 g/mol. The Kier molecular flexibility index (Phi) is 3.96. The van der Waals surface area contributed by atoms with Crippen LogP contribution in [-0.4, -0.2) is 41.9 Å². The van der Waals surface area contributed by atoms with Crippen LogP contribution in [-0.2, 0) is 9.47 Å². The number of carbonyl (C=O) groups excluding carboxylic acids is 6. The Morgan fingerprint density at radius 3 is 2.18 bits per heavy atom. The predicted molar refractivity (Wildman–Crippen MR) is 90.5 cm³/mol. The standard InChI is InChI=1S/C20H10O8/c21-15-7-16(22)13-6-10(2-3-11(13)15)18(24)27-8-17(23)9-1-4-12-14(5-9)20(26)28-19(12)25/h1-6H,7-8H2. The molecule has 8 heteroatoms. The topological polar surface area (TPSA) is 121 Å². The summed E-state index contributed by atoms with van der Waals surface area (Å²) in [4.78, 5) is 70.7. The van der Waals surface area contributed by atoms with Crippen LogP contribution in [0.5, 0.6) is 0 Å². The van der Waals surface area contributed by atoms with Crippen molar-refractivity contribution in [2.75, 3.05) is 6.61 Å². The molecule has 138 valence electrons. The first-order valence-electron chi connectivity index (χ1n) is 8.16. The number of carbonyl (C=O) groups is 6. The molecule has 1 aliphatic heterocycles. The highest BCUT2D eigenvalue weighted by Gasteiger charge is 2.31. The number of fused-ring (bicyclic) bond motifs is 2. The monoisotopic (exact) mass is 378 g/mol. The Morgan fingerprint density at radius 1 is 0.786 bits per heavy atom. The molecule has 1 heterocycles. The lowest BCUT2D eigenvalue weighted by molar-refractivity contribution is 0.0440. The van der Waals surface area contributed by atoms with Gasteiger partial charge in [0, 0.05) is 16.7 Å². The van der Waals surface area contributed by atoms with Gasteiger partial charge in [0.15, 0.2) is 24.0 Å². The summed E-state index contributed by atoms with van der Waals surface area (Å²) in [5.41, 5.74) is 0.579. The molecule has 0 radical (unpaired) electrons. The van der Waals surface area contributed by atoms with Gasteiger partial charge in [0.1, 0.15) is 0 Å². The van der Waals surface area contributed by atoms with E-state index in [1.165, 1.54) is 36.4 Å². The molecule has 0 saturated carbocycles. The zero-order valence-electron chi connectivity index (χ0n) is 14.1. The fourth-order valence-corrected chi connectivity index (χ4v) is 3.04. The molecule has 2 aliphatic rings. The van der Waals surface area contributed by atoms with Crippen molar-refractivity contribution < 1.29 is 38.2 Å². The maximum Gasteiger partial charge on any atom is 0.346 e. The molecule has 8 nitrogen and oxygen atoms in total. The number of benzene rings is 2. The minimum atomic E-state index is -0.844. The van der Waals surface area contributed by atoms with Gasteiger partial charge in [-0.3, -0.25) is 14.4 Å². The van der Waals surface area contributed by atoms with Gasteiger partial charge in [-0.2, -0.15) is 0 Å². The second-order valence-corrected chi connectivity index (χ2v) is 6.22. The molecule has 0 unspecified atom stereocenters. The molecule has 0 aromatic heterocycles. The van der Waals surface area contributed by atoms with Crippen LogP contribution < -0.4 is 0 Å². The minimum Gasteiger partial charge on any atom is -0.454 e. The number of esters is 3. The van der Waals surface area contributed by atoms with Crippen LogP contribution in [0.1, 0.15) is 68.6 Å². The first-order chi connectivity index (χ1) is 13.3. The van der Waals surface area contributed by atoms with E-state index in [1.54, 1.807) is 0 Å². The van der Waals surface area contributed by atoms with Gasteiger partial charge in [0.05, 0.1) is 23.1 Å². The Hall–Kier alpha value is -3.94.